The maximum Gasteiger partial charge on any atom is 0.410 e. The van der Waals surface area contributed by atoms with Gasteiger partial charge in [0.15, 0.2) is 5.54 Å². The monoisotopic (exact) mass is 560 g/mol. The second kappa shape index (κ2) is 10.4. The first-order valence-electron chi connectivity index (χ1n) is 12.6. The molecule has 11 nitrogen and oxygen atoms in total. The minimum Gasteiger partial charge on any atom is -0.445 e. The Labute approximate surface area is 232 Å². The predicted octanol–water partition coefficient (Wildman–Crippen LogP) is 4.43. The molecule has 6 rings (SSSR count). The Kier molecular flexibility index (Phi) is 6.61. The number of likely N-dealkylation sites (tertiary alicyclic amines) is 1. The van der Waals surface area contributed by atoms with Gasteiger partial charge in [0.1, 0.15) is 6.61 Å². The molecule has 0 aliphatic carbocycles. The van der Waals surface area contributed by atoms with Crippen molar-refractivity contribution in [1.82, 2.24) is 25.0 Å². The molecule has 208 valence electrons. The number of urea groups is 1. The summed E-state index contributed by atoms with van der Waals surface area (Å²) < 4.78 is 35.9. The highest BCUT2D eigenvalue weighted by Crippen LogP contribution is 2.40. The van der Waals surface area contributed by atoms with Crippen LogP contribution in [0.5, 0.6) is 0 Å². The zero-order chi connectivity index (χ0) is 28.6. The number of halogens is 2. The van der Waals surface area contributed by atoms with E-state index in [1.165, 1.54) is 28.1 Å². The topological polar surface area (TPSA) is 122 Å². The molecule has 0 radical (unpaired) electrons. The normalized spacial score (nSPS) is 16.0. The highest BCUT2D eigenvalue weighted by Gasteiger charge is 2.65. The number of benzene rings is 2. The first-order chi connectivity index (χ1) is 19.9. The van der Waals surface area contributed by atoms with E-state index in [0.29, 0.717) is 16.9 Å². The predicted molar refractivity (Wildman–Crippen MR) is 138 cm³/mol. The van der Waals surface area contributed by atoms with Crippen molar-refractivity contribution in [2.24, 2.45) is 0 Å². The number of rotatable bonds is 7. The molecule has 2 aliphatic rings. The van der Waals surface area contributed by atoms with Gasteiger partial charge in [0.2, 0.25) is 5.89 Å². The van der Waals surface area contributed by atoms with Gasteiger partial charge in [-0.25, -0.2) is 9.59 Å². The fraction of sp³-hybridized carbons (Fsp3) is 0.214. The summed E-state index contributed by atoms with van der Waals surface area (Å²) in [6, 6.07) is 20.5. The molecule has 2 aliphatic heterocycles. The molecule has 2 aromatic heterocycles. The van der Waals surface area contributed by atoms with Crippen molar-refractivity contribution in [3.05, 3.63) is 96.1 Å². The summed E-state index contributed by atoms with van der Waals surface area (Å²) in [6.07, 6.45) is -2.15. The average Bonchev–Trinajstić information content (AvgIpc) is 3.55. The molecule has 41 heavy (non-hydrogen) atoms. The van der Waals surface area contributed by atoms with Crippen molar-refractivity contribution < 1.29 is 32.3 Å². The number of carbonyl (C=O) groups is 3. The Morgan fingerprint density at radius 2 is 1.68 bits per heavy atom. The van der Waals surface area contributed by atoms with E-state index < -0.39 is 35.9 Å². The summed E-state index contributed by atoms with van der Waals surface area (Å²) in [4.78, 5) is 48.3. The summed E-state index contributed by atoms with van der Waals surface area (Å²) >= 11 is 0. The van der Waals surface area contributed by atoms with E-state index in [2.05, 4.69) is 15.2 Å². The van der Waals surface area contributed by atoms with E-state index in [4.69, 9.17) is 9.15 Å². The highest BCUT2D eigenvalue weighted by atomic mass is 19.3. The molecule has 4 amide bonds. The number of amides is 4. The van der Waals surface area contributed by atoms with Crippen molar-refractivity contribution in [3.63, 3.8) is 0 Å². The van der Waals surface area contributed by atoms with E-state index >= 15 is 0 Å². The molecule has 2 aromatic carbocycles. The maximum atomic E-state index is 13.8. The first kappa shape index (κ1) is 26.0. The number of alkyl halides is 2. The largest absolute Gasteiger partial charge is 0.445 e. The van der Waals surface area contributed by atoms with E-state index in [-0.39, 0.29) is 32.1 Å². The van der Waals surface area contributed by atoms with Gasteiger partial charge in [-0.2, -0.15) is 8.78 Å². The van der Waals surface area contributed by atoms with Gasteiger partial charge in [0.25, 0.3) is 11.8 Å². The summed E-state index contributed by atoms with van der Waals surface area (Å²) in [5, 5.41) is 6.89. The number of hydrogen-bond acceptors (Lipinski definition) is 8. The molecule has 2 saturated heterocycles. The molecule has 4 heterocycles. The van der Waals surface area contributed by atoms with E-state index in [1.807, 2.05) is 30.3 Å². The van der Waals surface area contributed by atoms with Crippen LogP contribution >= 0.6 is 0 Å². The van der Waals surface area contributed by atoms with E-state index in [1.54, 1.807) is 30.3 Å². The number of pyridine rings is 1. The second-order valence-corrected chi connectivity index (χ2v) is 9.56. The van der Waals surface area contributed by atoms with Crippen LogP contribution in [-0.4, -0.2) is 61.6 Å². The van der Waals surface area contributed by atoms with Crippen LogP contribution in [0.4, 0.5) is 24.1 Å². The van der Waals surface area contributed by atoms with Crippen LogP contribution in [0.2, 0.25) is 0 Å². The van der Waals surface area contributed by atoms with Gasteiger partial charge in [-0.3, -0.25) is 19.6 Å². The van der Waals surface area contributed by atoms with Crippen LogP contribution in [0.15, 0.2) is 83.4 Å². The molecule has 0 atom stereocenters. The molecule has 0 N–H and O–H groups in total. The number of nitrogens with zero attached hydrogens (tertiary/aromatic N) is 6. The number of ether oxygens (including phenoxy) is 1. The molecule has 1 spiro atoms. The third-order valence-electron chi connectivity index (χ3n) is 6.90. The quantitative estimate of drug-likeness (QED) is 0.305. The third-order valence-corrected chi connectivity index (χ3v) is 6.90. The zero-order valence-corrected chi connectivity index (χ0v) is 21.4. The van der Waals surface area contributed by atoms with Crippen LogP contribution in [0.25, 0.3) is 11.5 Å². The summed E-state index contributed by atoms with van der Waals surface area (Å²) in [5.74, 6) is -1.40. The fourth-order valence-electron chi connectivity index (χ4n) is 4.86. The van der Waals surface area contributed by atoms with Crippen molar-refractivity contribution in [2.75, 3.05) is 18.0 Å². The SMILES string of the molecule is O=C(OCc1ccccc1)N1CC2(C1)C(=O)N(Cc1ccc(-c3nnc(C(F)F)o3)cn1)C(=O)N2c1ccccc1. The van der Waals surface area contributed by atoms with Crippen LogP contribution in [0, 0.1) is 0 Å². The third kappa shape index (κ3) is 4.75. The maximum absolute atomic E-state index is 13.8. The lowest BCUT2D eigenvalue weighted by molar-refractivity contribution is -0.136. The van der Waals surface area contributed by atoms with Crippen molar-refractivity contribution in [2.45, 2.75) is 25.1 Å². The molecule has 4 aromatic rings. The molecular formula is C28H22F2N6O5. The zero-order valence-electron chi connectivity index (χ0n) is 21.4. The number of hydrogen-bond donors (Lipinski definition) is 0. The molecule has 0 bridgehead atoms. The second-order valence-electron chi connectivity index (χ2n) is 9.56. The molecule has 0 unspecified atom stereocenters. The number of anilines is 1. The number of aromatic nitrogens is 3. The van der Waals surface area contributed by atoms with Crippen molar-refractivity contribution in [3.8, 4) is 11.5 Å². The molecule has 2 fully saturated rings. The lowest BCUT2D eigenvalue weighted by Gasteiger charge is -2.48. The van der Waals surface area contributed by atoms with Gasteiger partial charge in [-0.05, 0) is 29.8 Å². The van der Waals surface area contributed by atoms with Crippen LogP contribution in [-0.2, 0) is 22.7 Å². The van der Waals surface area contributed by atoms with Gasteiger partial charge in [-0.1, -0.05) is 48.5 Å². The lowest BCUT2D eigenvalue weighted by Crippen LogP contribution is -2.73. The summed E-state index contributed by atoms with van der Waals surface area (Å²) in [7, 11) is 0. The van der Waals surface area contributed by atoms with Gasteiger partial charge in [0.05, 0.1) is 30.9 Å². The Morgan fingerprint density at radius 1 is 0.976 bits per heavy atom. The smallest absolute Gasteiger partial charge is 0.410 e. The van der Waals surface area contributed by atoms with Crippen LogP contribution < -0.4 is 4.90 Å². The van der Waals surface area contributed by atoms with E-state index in [9.17, 15) is 23.2 Å². The minimum atomic E-state index is -2.90. The molecular weight excluding hydrogens is 538 g/mol. The lowest BCUT2D eigenvalue weighted by atomic mass is 9.88. The Hall–Kier alpha value is -5.20. The Bertz CT molecular complexity index is 1580. The van der Waals surface area contributed by atoms with Gasteiger partial charge in [-0.15, -0.1) is 10.2 Å². The Morgan fingerprint density at radius 3 is 2.32 bits per heavy atom. The first-order valence-corrected chi connectivity index (χ1v) is 12.6. The van der Waals surface area contributed by atoms with Gasteiger partial charge < -0.3 is 14.1 Å². The highest BCUT2D eigenvalue weighted by molar-refractivity contribution is 6.18. The average molecular weight is 561 g/mol. The number of para-hydroxylation sites is 1. The molecule has 13 heteroatoms. The Balaban J connectivity index is 1.19. The summed E-state index contributed by atoms with van der Waals surface area (Å²) in [6.45, 7) is -0.133. The number of imide groups is 1. The van der Waals surface area contributed by atoms with Crippen LogP contribution in [0.3, 0.4) is 0 Å². The van der Waals surface area contributed by atoms with Gasteiger partial charge >= 0.3 is 18.5 Å². The van der Waals surface area contributed by atoms with Crippen molar-refractivity contribution >= 4 is 23.7 Å². The van der Waals surface area contributed by atoms with Gasteiger partial charge in [0, 0.05) is 11.9 Å². The van der Waals surface area contributed by atoms with Crippen LogP contribution in [0.1, 0.15) is 23.6 Å². The minimum absolute atomic E-state index is 0.0351. The van der Waals surface area contributed by atoms with Crippen molar-refractivity contribution in [1.29, 1.82) is 0 Å². The number of carbonyl (C=O) groups excluding carboxylic acids is 3. The fourth-order valence-corrected chi connectivity index (χ4v) is 4.86. The standard InChI is InChI=1S/C28H22F2N6O5/c29-22(30)24-33-32-23(41-24)19-11-12-20(31-13-19)14-35-25(37)28(36(26(35)38)21-9-5-2-6-10-21)16-34(17-28)27(39)40-15-18-7-3-1-4-8-18/h1-13,22H,14-17H2. The van der Waals surface area contributed by atoms with E-state index in [0.717, 1.165) is 10.5 Å². The molecule has 0 saturated carbocycles. The summed E-state index contributed by atoms with van der Waals surface area (Å²) in [5.41, 5.74) is 0.720.